The maximum Gasteiger partial charge on any atom is 0.223 e. The van der Waals surface area contributed by atoms with E-state index in [0.29, 0.717) is 11.8 Å². The van der Waals surface area contributed by atoms with Gasteiger partial charge in [0.05, 0.1) is 11.0 Å². The van der Waals surface area contributed by atoms with Crippen LogP contribution in [0.2, 0.25) is 0 Å². The maximum atomic E-state index is 12.3. The van der Waals surface area contributed by atoms with E-state index < -0.39 is 0 Å². The molecule has 0 radical (unpaired) electrons. The van der Waals surface area contributed by atoms with E-state index in [1.807, 2.05) is 24.3 Å². The lowest BCUT2D eigenvalue weighted by molar-refractivity contribution is -0.135. The van der Waals surface area contributed by atoms with Crippen LogP contribution in [0.1, 0.15) is 44.3 Å². The minimum Gasteiger partial charge on any atom is -0.356 e. The van der Waals surface area contributed by atoms with Crippen molar-refractivity contribution in [3.63, 3.8) is 0 Å². The summed E-state index contributed by atoms with van der Waals surface area (Å²) < 4.78 is 0. The number of aryl methyl sites for hydroxylation is 1. The van der Waals surface area contributed by atoms with Crippen molar-refractivity contribution in [2.75, 3.05) is 6.54 Å². The highest BCUT2D eigenvalue weighted by Gasteiger charge is 2.45. The Hall–Kier alpha value is -1.84. The number of H-pyrrole nitrogens is 1. The number of rotatable bonds is 5. The highest BCUT2D eigenvalue weighted by Crippen LogP contribution is 2.49. The number of hydrogen-bond donors (Lipinski definition) is 2. The van der Waals surface area contributed by atoms with Crippen LogP contribution in [0.3, 0.4) is 0 Å². The lowest BCUT2D eigenvalue weighted by Crippen LogP contribution is -2.47. The molecular weight excluding hydrogens is 286 g/mol. The second kappa shape index (κ2) is 6.34. The Morgan fingerprint density at radius 2 is 2.13 bits per heavy atom. The molecule has 0 bridgehead atoms. The normalized spacial score (nSPS) is 26.5. The third kappa shape index (κ3) is 2.99. The molecule has 1 heterocycles. The molecule has 4 rings (SSSR count). The van der Waals surface area contributed by atoms with Gasteiger partial charge in [-0.05, 0) is 43.2 Å². The highest BCUT2D eigenvalue weighted by molar-refractivity contribution is 5.80. The van der Waals surface area contributed by atoms with Gasteiger partial charge in [-0.3, -0.25) is 4.79 Å². The first-order chi connectivity index (χ1) is 11.3. The number of aromatic amines is 1. The van der Waals surface area contributed by atoms with Gasteiger partial charge < -0.3 is 10.3 Å². The largest absolute Gasteiger partial charge is 0.356 e. The molecule has 2 aromatic rings. The van der Waals surface area contributed by atoms with Gasteiger partial charge in [-0.25, -0.2) is 4.98 Å². The minimum absolute atomic E-state index is 0.290. The van der Waals surface area contributed by atoms with Crippen molar-refractivity contribution < 1.29 is 4.79 Å². The summed E-state index contributed by atoms with van der Waals surface area (Å²) in [4.78, 5) is 20.2. The smallest absolute Gasteiger partial charge is 0.223 e. The molecule has 23 heavy (non-hydrogen) atoms. The van der Waals surface area contributed by atoms with E-state index in [0.717, 1.165) is 48.6 Å². The predicted molar refractivity (Wildman–Crippen MR) is 91.0 cm³/mol. The summed E-state index contributed by atoms with van der Waals surface area (Å²) in [5.41, 5.74) is 2.11. The number of aromatic nitrogens is 2. The fourth-order valence-corrected chi connectivity index (χ4v) is 4.39. The number of amides is 1. The summed E-state index contributed by atoms with van der Waals surface area (Å²) in [7, 11) is 0. The molecule has 2 fully saturated rings. The van der Waals surface area contributed by atoms with E-state index in [9.17, 15) is 4.79 Å². The van der Waals surface area contributed by atoms with Crippen molar-refractivity contribution in [1.82, 2.24) is 15.3 Å². The predicted octanol–water partition coefficient (Wildman–Crippen LogP) is 3.44. The van der Waals surface area contributed by atoms with Gasteiger partial charge in [0.2, 0.25) is 5.91 Å². The van der Waals surface area contributed by atoms with E-state index in [4.69, 9.17) is 0 Å². The van der Waals surface area contributed by atoms with Crippen molar-refractivity contribution in [3.8, 4) is 0 Å². The van der Waals surface area contributed by atoms with Crippen LogP contribution in [0, 0.1) is 17.8 Å². The van der Waals surface area contributed by atoms with Crippen molar-refractivity contribution >= 4 is 16.9 Å². The first-order valence-electron chi connectivity index (χ1n) is 9.02. The standard InChI is InChI=1S/C19H25N3O/c23-19(15-12-13-6-1-2-7-14(13)15)20-11-5-10-18-21-16-8-3-4-9-17(16)22-18/h3-4,8-9,13-15H,1-2,5-7,10-12H2,(H,20,23)(H,21,22). The van der Waals surface area contributed by atoms with Crippen LogP contribution in [0.4, 0.5) is 0 Å². The van der Waals surface area contributed by atoms with Crippen molar-refractivity contribution in [1.29, 1.82) is 0 Å². The summed E-state index contributed by atoms with van der Waals surface area (Å²) in [6, 6.07) is 8.09. The fourth-order valence-electron chi connectivity index (χ4n) is 4.39. The molecule has 1 aromatic carbocycles. The summed E-state index contributed by atoms with van der Waals surface area (Å²) in [5, 5.41) is 3.14. The Kier molecular flexibility index (Phi) is 4.06. The topological polar surface area (TPSA) is 57.8 Å². The number of benzene rings is 1. The third-order valence-corrected chi connectivity index (χ3v) is 5.71. The number of imidazole rings is 1. The molecule has 0 saturated heterocycles. The molecule has 1 aromatic heterocycles. The van der Waals surface area contributed by atoms with E-state index in [1.165, 1.54) is 25.7 Å². The molecule has 2 aliphatic rings. The number of para-hydroxylation sites is 2. The quantitative estimate of drug-likeness (QED) is 0.831. The molecule has 0 aliphatic heterocycles. The molecule has 2 N–H and O–H groups in total. The molecule has 4 heteroatoms. The van der Waals surface area contributed by atoms with E-state index in [2.05, 4.69) is 15.3 Å². The Morgan fingerprint density at radius 3 is 3.00 bits per heavy atom. The zero-order valence-corrected chi connectivity index (χ0v) is 13.6. The van der Waals surface area contributed by atoms with Gasteiger partial charge in [0, 0.05) is 18.9 Å². The Bertz CT molecular complexity index is 660. The van der Waals surface area contributed by atoms with Crippen LogP contribution in [0.5, 0.6) is 0 Å². The van der Waals surface area contributed by atoms with Crippen LogP contribution < -0.4 is 5.32 Å². The van der Waals surface area contributed by atoms with Gasteiger partial charge in [-0.2, -0.15) is 0 Å². The molecule has 122 valence electrons. The van der Waals surface area contributed by atoms with Gasteiger partial charge in [0.1, 0.15) is 5.82 Å². The molecule has 1 amide bonds. The third-order valence-electron chi connectivity index (χ3n) is 5.71. The number of carbonyl (C=O) groups is 1. The Balaban J connectivity index is 1.22. The lowest BCUT2D eigenvalue weighted by Gasteiger charge is -2.47. The number of fused-ring (bicyclic) bond motifs is 2. The van der Waals surface area contributed by atoms with Crippen LogP contribution >= 0.6 is 0 Å². The number of hydrogen-bond acceptors (Lipinski definition) is 2. The van der Waals surface area contributed by atoms with Gasteiger partial charge in [0.15, 0.2) is 0 Å². The average Bonchev–Trinajstić information content (AvgIpc) is 2.95. The SMILES string of the molecule is O=C(NCCCc1nc2ccccc2[nH]1)C1CC2CCCCC21. The number of nitrogens with zero attached hydrogens (tertiary/aromatic N) is 1. The zero-order chi connectivity index (χ0) is 15.6. The summed E-state index contributed by atoms with van der Waals surface area (Å²) in [6.45, 7) is 0.754. The second-order valence-corrected chi connectivity index (χ2v) is 7.15. The van der Waals surface area contributed by atoms with Gasteiger partial charge in [-0.15, -0.1) is 0 Å². The van der Waals surface area contributed by atoms with Crippen molar-refractivity contribution in [2.24, 2.45) is 17.8 Å². The van der Waals surface area contributed by atoms with E-state index in [-0.39, 0.29) is 5.91 Å². The number of nitrogens with one attached hydrogen (secondary N) is 2. The van der Waals surface area contributed by atoms with Crippen molar-refractivity contribution in [3.05, 3.63) is 30.1 Å². The molecular formula is C19H25N3O. The molecule has 2 saturated carbocycles. The fraction of sp³-hybridized carbons (Fsp3) is 0.579. The van der Waals surface area contributed by atoms with Gasteiger partial charge in [0.25, 0.3) is 0 Å². The van der Waals surface area contributed by atoms with E-state index in [1.54, 1.807) is 0 Å². The highest BCUT2D eigenvalue weighted by atomic mass is 16.1. The van der Waals surface area contributed by atoms with Crippen molar-refractivity contribution in [2.45, 2.75) is 44.9 Å². The lowest BCUT2D eigenvalue weighted by atomic mass is 9.58. The van der Waals surface area contributed by atoms with Crippen LogP contribution in [-0.4, -0.2) is 22.4 Å². The zero-order valence-electron chi connectivity index (χ0n) is 13.6. The molecule has 0 spiro atoms. The van der Waals surface area contributed by atoms with E-state index >= 15 is 0 Å². The summed E-state index contributed by atoms with van der Waals surface area (Å²) >= 11 is 0. The maximum absolute atomic E-state index is 12.3. The minimum atomic E-state index is 0.290. The Labute approximate surface area is 137 Å². The summed E-state index contributed by atoms with van der Waals surface area (Å²) in [6.07, 6.45) is 8.24. The van der Waals surface area contributed by atoms with Crippen LogP contribution in [0.15, 0.2) is 24.3 Å². The Morgan fingerprint density at radius 1 is 1.26 bits per heavy atom. The van der Waals surface area contributed by atoms with Gasteiger partial charge in [-0.1, -0.05) is 31.4 Å². The monoisotopic (exact) mass is 311 g/mol. The second-order valence-electron chi connectivity index (χ2n) is 7.15. The molecule has 2 aliphatic carbocycles. The van der Waals surface area contributed by atoms with Gasteiger partial charge >= 0.3 is 0 Å². The molecule has 3 unspecified atom stereocenters. The van der Waals surface area contributed by atoms with Crippen LogP contribution in [-0.2, 0) is 11.2 Å². The molecule has 4 nitrogen and oxygen atoms in total. The summed E-state index contributed by atoms with van der Waals surface area (Å²) in [5.74, 6) is 3.12. The average molecular weight is 311 g/mol. The number of carbonyl (C=O) groups excluding carboxylic acids is 1. The first kappa shape index (κ1) is 14.7. The molecule has 3 atom stereocenters. The van der Waals surface area contributed by atoms with Crippen LogP contribution in [0.25, 0.3) is 11.0 Å². The first-order valence-corrected chi connectivity index (χ1v) is 9.02.